The van der Waals surface area contributed by atoms with Crippen LogP contribution in [0.5, 0.6) is 11.6 Å². The van der Waals surface area contributed by atoms with Crippen LogP contribution >= 0.6 is 11.6 Å². The van der Waals surface area contributed by atoms with Crippen molar-refractivity contribution < 1.29 is 9.13 Å². The lowest BCUT2D eigenvalue weighted by Crippen LogP contribution is -2.07. The third-order valence-corrected chi connectivity index (χ3v) is 2.44. The number of rotatable bonds is 4. The smallest absolute Gasteiger partial charge is 0.237 e. The summed E-state index contributed by atoms with van der Waals surface area (Å²) in [7, 11) is 1.82. The number of benzene rings is 1. The lowest BCUT2D eigenvalue weighted by Gasteiger charge is -2.06. The highest BCUT2D eigenvalue weighted by Gasteiger charge is 2.05. The van der Waals surface area contributed by atoms with Crippen molar-refractivity contribution in [3.05, 3.63) is 47.1 Å². The number of hydrogen-bond acceptors (Lipinski definition) is 4. The fourth-order valence-corrected chi connectivity index (χ4v) is 1.54. The molecule has 0 radical (unpaired) electrons. The normalized spacial score (nSPS) is 10.4. The molecule has 0 aliphatic rings. The van der Waals surface area contributed by atoms with Gasteiger partial charge in [0.05, 0.1) is 23.1 Å². The maximum Gasteiger partial charge on any atom is 0.237 e. The van der Waals surface area contributed by atoms with Gasteiger partial charge >= 0.3 is 0 Å². The lowest BCUT2D eigenvalue weighted by atomic mass is 10.3. The van der Waals surface area contributed by atoms with Gasteiger partial charge in [-0.25, -0.2) is 9.37 Å². The van der Waals surface area contributed by atoms with Crippen molar-refractivity contribution in [1.82, 2.24) is 15.3 Å². The third kappa shape index (κ3) is 3.15. The van der Waals surface area contributed by atoms with E-state index in [0.29, 0.717) is 18.2 Å². The van der Waals surface area contributed by atoms with Crippen molar-refractivity contribution in [2.45, 2.75) is 6.54 Å². The first-order valence-corrected chi connectivity index (χ1v) is 5.65. The molecule has 2 aromatic rings. The largest absolute Gasteiger partial charge is 0.436 e. The molecule has 2 rings (SSSR count). The predicted molar refractivity (Wildman–Crippen MR) is 66.3 cm³/mol. The molecule has 0 atom stereocenters. The van der Waals surface area contributed by atoms with Crippen molar-refractivity contribution >= 4 is 11.6 Å². The molecule has 0 saturated carbocycles. The summed E-state index contributed by atoms with van der Waals surface area (Å²) in [5.41, 5.74) is 0.801. The Hall–Kier alpha value is -1.72. The number of hydrogen-bond donors (Lipinski definition) is 1. The standard InChI is InChI=1S/C12H11ClFN3O/c1-15-5-9-6-17-12(7-16-9)18-11-3-2-8(14)4-10(11)13/h2-4,6-7,15H,5H2,1H3. The molecule has 18 heavy (non-hydrogen) atoms. The highest BCUT2D eigenvalue weighted by molar-refractivity contribution is 6.32. The van der Waals surface area contributed by atoms with Gasteiger partial charge in [0.2, 0.25) is 5.88 Å². The molecule has 4 nitrogen and oxygen atoms in total. The van der Waals surface area contributed by atoms with E-state index < -0.39 is 5.82 Å². The van der Waals surface area contributed by atoms with Crippen LogP contribution in [-0.2, 0) is 6.54 Å². The topological polar surface area (TPSA) is 47.0 Å². The minimum Gasteiger partial charge on any atom is -0.436 e. The fourth-order valence-electron chi connectivity index (χ4n) is 1.34. The minimum absolute atomic E-state index is 0.191. The van der Waals surface area contributed by atoms with E-state index in [1.54, 1.807) is 6.20 Å². The molecule has 1 heterocycles. The Morgan fingerprint density at radius 3 is 2.78 bits per heavy atom. The van der Waals surface area contributed by atoms with Gasteiger partial charge in [0.15, 0.2) is 0 Å². The monoisotopic (exact) mass is 267 g/mol. The third-order valence-electron chi connectivity index (χ3n) is 2.15. The second kappa shape index (κ2) is 5.75. The van der Waals surface area contributed by atoms with Crippen LogP contribution in [0.1, 0.15) is 5.69 Å². The van der Waals surface area contributed by atoms with E-state index >= 15 is 0 Å². The molecule has 0 saturated heterocycles. The summed E-state index contributed by atoms with van der Waals surface area (Å²) in [5, 5.41) is 3.15. The molecule has 0 unspecified atom stereocenters. The maximum atomic E-state index is 12.8. The molecule has 1 aromatic heterocycles. The first-order chi connectivity index (χ1) is 8.69. The Kier molecular flexibility index (Phi) is 4.07. The Bertz CT molecular complexity index is 533. The molecule has 1 N–H and O–H groups in total. The Morgan fingerprint density at radius 1 is 1.33 bits per heavy atom. The zero-order valence-electron chi connectivity index (χ0n) is 9.65. The zero-order chi connectivity index (χ0) is 13.0. The van der Waals surface area contributed by atoms with Gasteiger partial charge in [-0.1, -0.05) is 11.6 Å². The number of aromatic nitrogens is 2. The maximum absolute atomic E-state index is 12.8. The Labute approximate surface area is 109 Å². The van der Waals surface area contributed by atoms with Crippen molar-refractivity contribution in [3.63, 3.8) is 0 Å². The van der Waals surface area contributed by atoms with Crippen LogP contribution in [0.15, 0.2) is 30.6 Å². The van der Waals surface area contributed by atoms with Crippen molar-refractivity contribution in [2.24, 2.45) is 0 Å². The van der Waals surface area contributed by atoms with Gasteiger partial charge in [0.1, 0.15) is 11.6 Å². The fraction of sp³-hybridized carbons (Fsp3) is 0.167. The van der Waals surface area contributed by atoms with Crippen LogP contribution in [0, 0.1) is 5.82 Å². The van der Waals surface area contributed by atoms with Crippen molar-refractivity contribution in [2.75, 3.05) is 7.05 Å². The highest BCUT2D eigenvalue weighted by Crippen LogP contribution is 2.28. The molecule has 0 spiro atoms. The van der Waals surface area contributed by atoms with Gasteiger partial charge < -0.3 is 10.1 Å². The highest BCUT2D eigenvalue weighted by atomic mass is 35.5. The summed E-state index contributed by atoms with van der Waals surface area (Å²) in [6, 6.07) is 3.89. The molecule has 0 fully saturated rings. The van der Waals surface area contributed by atoms with E-state index in [0.717, 1.165) is 5.69 Å². The summed E-state index contributed by atoms with van der Waals surface area (Å²) in [5.74, 6) is 0.236. The van der Waals surface area contributed by atoms with E-state index in [-0.39, 0.29) is 5.02 Å². The predicted octanol–water partition coefficient (Wildman–Crippen LogP) is 2.78. The van der Waals surface area contributed by atoms with Gasteiger partial charge in [0.25, 0.3) is 0 Å². The van der Waals surface area contributed by atoms with Gasteiger partial charge in [0, 0.05) is 6.54 Å². The van der Waals surface area contributed by atoms with Gasteiger partial charge in [-0.2, -0.15) is 0 Å². The zero-order valence-corrected chi connectivity index (χ0v) is 10.4. The average molecular weight is 268 g/mol. The van der Waals surface area contributed by atoms with E-state index in [4.69, 9.17) is 16.3 Å². The van der Waals surface area contributed by atoms with E-state index in [1.807, 2.05) is 7.05 Å². The Morgan fingerprint density at radius 2 is 2.17 bits per heavy atom. The van der Waals surface area contributed by atoms with Crippen molar-refractivity contribution in [3.8, 4) is 11.6 Å². The number of halogens is 2. The molecule has 0 amide bonds. The second-order valence-electron chi connectivity index (χ2n) is 3.55. The molecule has 0 bridgehead atoms. The van der Waals surface area contributed by atoms with Crippen LogP contribution in [0.4, 0.5) is 4.39 Å². The van der Waals surface area contributed by atoms with Crippen LogP contribution in [0.25, 0.3) is 0 Å². The summed E-state index contributed by atoms with van der Waals surface area (Å²) in [6.45, 7) is 0.630. The molecule has 0 aliphatic carbocycles. The summed E-state index contributed by atoms with van der Waals surface area (Å²) in [6.07, 6.45) is 3.09. The first-order valence-electron chi connectivity index (χ1n) is 5.27. The molecular formula is C12H11ClFN3O. The van der Waals surface area contributed by atoms with E-state index in [1.165, 1.54) is 24.4 Å². The van der Waals surface area contributed by atoms with Crippen LogP contribution in [-0.4, -0.2) is 17.0 Å². The summed E-state index contributed by atoms with van der Waals surface area (Å²) >= 11 is 5.84. The van der Waals surface area contributed by atoms with Gasteiger partial charge in [-0.3, -0.25) is 4.98 Å². The molecular weight excluding hydrogens is 257 g/mol. The number of nitrogens with zero attached hydrogens (tertiary/aromatic N) is 2. The quantitative estimate of drug-likeness (QED) is 0.925. The number of nitrogens with one attached hydrogen (secondary N) is 1. The lowest BCUT2D eigenvalue weighted by molar-refractivity contribution is 0.457. The summed E-state index contributed by atoms with van der Waals surface area (Å²) in [4.78, 5) is 8.22. The first kappa shape index (κ1) is 12.7. The SMILES string of the molecule is CNCc1cnc(Oc2ccc(F)cc2Cl)cn1. The molecule has 0 aliphatic heterocycles. The second-order valence-corrected chi connectivity index (χ2v) is 3.96. The Balaban J connectivity index is 2.13. The molecule has 1 aromatic carbocycles. The van der Waals surface area contributed by atoms with Crippen LogP contribution in [0.3, 0.4) is 0 Å². The van der Waals surface area contributed by atoms with Crippen LogP contribution in [0.2, 0.25) is 5.02 Å². The number of ether oxygens (including phenoxy) is 1. The summed E-state index contributed by atoms with van der Waals surface area (Å²) < 4.78 is 18.3. The molecule has 94 valence electrons. The molecule has 6 heteroatoms. The van der Waals surface area contributed by atoms with Gasteiger partial charge in [-0.05, 0) is 25.2 Å². The minimum atomic E-state index is -0.414. The van der Waals surface area contributed by atoms with Gasteiger partial charge in [-0.15, -0.1) is 0 Å². The van der Waals surface area contributed by atoms with E-state index in [2.05, 4.69) is 15.3 Å². The van der Waals surface area contributed by atoms with Crippen LogP contribution < -0.4 is 10.1 Å². The van der Waals surface area contributed by atoms with Crippen molar-refractivity contribution in [1.29, 1.82) is 0 Å². The van der Waals surface area contributed by atoms with E-state index in [9.17, 15) is 4.39 Å². The average Bonchev–Trinajstić information content (AvgIpc) is 2.35.